The number of benzene rings is 2. The zero-order valence-electron chi connectivity index (χ0n) is 24.9. The summed E-state index contributed by atoms with van der Waals surface area (Å²) in [5.41, 5.74) is 3.48. The number of aryl methyl sites for hydroxylation is 2. The van der Waals surface area contributed by atoms with Crippen LogP contribution in [0.25, 0.3) is 0 Å². The van der Waals surface area contributed by atoms with E-state index in [0.29, 0.717) is 30.8 Å². The first-order valence-corrected chi connectivity index (χ1v) is 14.6. The quantitative estimate of drug-likeness (QED) is 0.236. The Kier molecular flexibility index (Phi) is 12.6. The van der Waals surface area contributed by atoms with Gasteiger partial charge in [0.25, 0.3) is 11.8 Å². The van der Waals surface area contributed by atoms with E-state index in [0.717, 1.165) is 42.3 Å². The molecule has 7 nitrogen and oxygen atoms in total. The highest BCUT2D eigenvalue weighted by molar-refractivity contribution is 6.00. The molecule has 3 N–H and O–H groups in total. The Morgan fingerprint density at radius 3 is 2.21 bits per heavy atom. The molecule has 2 atom stereocenters. The van der Waals surface area contributed by atoms with Crippen molar-refractivity contribution in [3.63, 3.8) is 0 Å². The molecule has 0 radical (unpaired) electrons. The number of rotatable bonds is 15. The SMILES string of the molecule is CCCN(CCC)C(=O)c1cc(C)cc(C(=O)NC(Cc2cc(F)cc(F)c2)C(O)CNCc2cccc(CC)n2)c1. The summed E-state index contributed by atoms with van der Waals surface area (Å²) in [6, 6.07) is 13.0. The number of hydrogen-bond donors (Lipinski definition) is 3. The van der Waals surface area contributed by atoms with Gasteiger partial charge in [-0.2, -0.15) is 0 Å². The van der Waals surface area contributed by atoms with E-state index in [1.807, 2.05) is 45.9 Å². The van der Waals surface area contributed by atoms with Gasteiger partial charge in [0.1, 0.15) is 11.6 Å². The molecule has 0 fully saturated rings. The van der Waals surface area contributed by atoms with Gasteiger partial charge in [0.2, 0.25) is 0 Å². The van der Waals surface area contributed by atoms with Crippen LogP contribution in [0, 0.1) is 18.6 Å². The van der Waals surface area contributed by atoms with Crippen LogP contribution in [-0.2, 0) is 19.4 Å². The summed E-state index contributed by atoms with van der Waals surface area (Å²) in [5.74, 6) is -2.12. The van der Waals surface area contributed by atoms with Crippen molar-refractivity contribution in [1.82, 2.24) is 20.5 Å². The molecule has 3 rings (SSSR count). The first kappa shape index (κ1) is 32.8. The molecule has 0 spiro atoms. The van der Waals surface area contributed by atoms with Gasteiger partial charge in [0.15, 0.2) is 0 Å². The molecule has 0 aliphatic heterocycles. The van der Waals surface area contributed by atoms with Crippen LogP contribution in [0.3, 0.4) is 0 Å². The highest BCUT2D eigenvalue weighted by Gasteiger charge is 2.24. The fourth-order valence-electron chi connectivity index (χ4n) is 4.91. The van der Waals surface area contributed by atoms with Gasteiger partial charge in [0.05, 0.1) is 17.8 Å². The molecule has 3 aromatic rings. The minimum Gasteiger partial charge on any atom is -0.390 e. The molecule has 2 amide bonds. The third kappa shape index (κ3) is 9.70. The van der Waals surface area contributed by atoms with Crippen molar-refractivity contribution in [2.75, 3.05) is 19.6 Å². The molecule has 0 saturated heterocycles. The maximum atomic E-state index is 14.0. The van der Waals surface area contributed by atoms with Crippen molar-refractivity contribution in [1.29, 1.82) is 0 Å². The lowest BCUT2D eigenvalue weighted by Crippen LogP contribution is -2.48. The molecule has 0 aliphatic carbocycles. The lowest BCUT2D eigenvalue weighted by atomic mass is 9.99. The fraction of sp³-hybridized carbons (Fsp3) is 0.424. The molecular formula is C33H42F2N4O3. The molecule has 2 unspecified atom stereocenters. The van der Waals surface area contributed by atoms with Gasteiger partial charge in [0, 0.05) is 49.1 Å². The minimum absolute atomic E-state index is 0.00871. The van der Waals surface area contributed by atoms with Crippen molar-refractivity contribution >= 4 is 11.8 Å². The van der Waals surface area contributed by atoms with Crippen molar-refractivity contribution < 1.29 is 23.5 Å². The van der Waals surface area contributed by atoms with Crippen LogP contribution in [0.5, 0.6) is 0 Å². The predicted molar refractivity (Wildman–Crippen MR) is 160 cm³/mol. The first-order valence-electron chi connectivity index (χ1n) is 14.6. The molecule has 1 aromatic heterocycles. The van der Waals surface area contributed by atoms with Crippen LogP contribution in [-0.4, -0.2) is 58.6 Å². The van der Waals surface area contributed by atoms with Crippen LogP contribution in [0.15, 0.2) is 54.6 Å². The summed E-state index contributed by atoms with van der Waals surface area (Å²) < 4.78 is 27.9. The molecule has 1 heterocycles. The Hall–Kier alpha value is -3.69. The smallest absolute Gasteiger partial charge is 0.253 e. The van der Waals surface area contributed by atoms with E-state index in [9.17, 15) is 23.5 Å². The Morgan fingerprint density at radius 2 is 1.57 bits per heavy atom. The van der Waals surface area contributed by atoms with E-state index in [4.69, 9.17) is 0 Å². The highest BCUT2D eigenvalue weighted by Crippen LogP contribution is 2.16. The summed E-state index contributed by atoms with van der Waals surface area (Å²) in [4.78, 5) is 33.0. The number of pyridine rings is 1. The number of carbonyl (C=O) groups excluding carboxylic acids is 2. The topological polar surface area (TPSA) is 94.6 Å². The number of aromatic nitrogens is 1. The van der Waals surface area contributed by atoms with Crippen molar-refractivity contribution in [2.24, 2.45) is 0 Å². The van der Waals surface area contributed by atoms with Crippen molar-refractivity contribution in [3.05, 3.63) is 99.9 Å². The zero-order valence-corrected chi connectivity index (χ0v) is 24.9. The number of hydrogen-bond acceptors (Lipinski definition) is 5. The number of nitrogens with zero attached hydrogens (tertiary/aromatic N) is 2. The van der Waals surface area contributed by atoms with E-state index in [-0.39, 0.29) is 24.4 Å². The number of carbonyl (C=O) groups is 2. The van der Waals surface area contributed by atoms with Crippen LogP contribution in [0.4, 0.5) is 8.78 Å². The van der Waals surface area contributed by atoms with Crippen LogP contribution < -0.4 is 10.6 Å². The Morgan fingerprint density at radius 1 is 0.929 bits per heavy atom. The van der Waals surface area contributed by atoms with Crippen molar-refractivity contribution in [3.8, 4) is 0 Å². The largest absolute Gasteiger partial charge is 0.390 e. The molecule has 226 valence electrons. The third-order valence-electron chi connectivity index (χ3n) is 6.91. The van der Waals surface area contributed by atoms with E-state index in [1.165, 1.54) is 12.1 Å². The third-order valence-corrected chi connectivity index (χ3v) is 6.91. The highest BCUT2D eigenvalue weighted by atomic mass is 19.1. The van der Waals surface area contributed by atoms with Crippen LogP contribution in [0.2, 0.25) is 0 Å². The monoisotopic (exact) mass is 580 g/mol. The van der Waals surface area contributed by atoms with E-state index >= 15 is 0 Å². The second-order valence-electron chi connectivity index (χ2n) is 10.6. The van der Waals surface area contributed by atoms with Gasteiger partial charge in [-0.1, -0.05) is 26.8 Å². The van der Waals surface area contributed by atoms with Gasteiger partial charge in [-0.05, 0) is 86.2 Å². The second kappa shape index (κ2) is 16.1. The van der Waals surface area contributed by atoms with E-state index in [1.54, 1.807) is 23.1 Å². The van der Waals surface area contributed by atoms with Gasteiger partial charge in [-0.3, -0.25) is 14.6 Å². The molecule has 9 heteroatoms. The van der Waals surface area contributed by atoms with Crippen molar-refractivity contribution in [2.45, 2.75) is 72.1 Å². The number of aliphatic hydroxyl groups is 1. The number of halogens is 2. The number of nitrogens with one attached hydrogen (secondary N) is 2. The fourth-order valence-corrected chi connectivity index (χ4v) is 4.91. The summed E-state index contributed by atoms with van der Waals surface area (Å²) in [7, 11) is 0. The predicted octanol–water partition coefficient (Wildman–Crippen LogP) is 4.98. The number of amides is 2. The van der Waals surface area contributed by atoms with Crippen LogP contribution >= 0.6 is 0 Å². The average Bonchev–Trinajstić information content (AvgIpc) is 2.95. The molecule has 42 heavy (non-hydrogen) atoms. The maximum Gasteiger partial charge on any atom is 0.253 e. The second-order valence-corrected chi connectivity index (χ2v) is 10.6. The lowest BCUT2D eigenvalue weighted by Gasteiger charge is -2.25. The Balaban J connectivity index is 1.80. The van der Waals surface area contributed by atoms with Gasteiger partial charge in [-0.25, -0.2) is 8.78 Å². The summed E-state index contributed by atoms with van der Waals surface area (Å²) in [5, 5.41) is 17.1. The molecule has 0 saturated carbocycles. The van der Waals surface area contributed by atoms with Gasteiger partial charge in [-0.15, -0.1) is 0 Å². The molecular weight excluding hydrogens is 538 g/mol. The maximum absolute atomic E-state index is 14.0. The zero-order chi connectivity index (χ0) is 30.6. The molecule has 0 aliphatic rings. The molecule has 0 bridgehead atoms. The lowest BCUT2D eigenvalue weighted by molar-refractivity contribution is 0.0755. The summed E-state index contributed by atoms with van der Waals surface area (Å²) >= 11 is 0. The summed E-state index contributed by atoms with van der Waals surface area (Å²) in [6.45, 7) is 9.58. The van der Waals surface area contributed by atoms with Crippen LogP contribution in [0.1, 0.15) is 76.8 Å². The Labute approximate surface area is 247 Å². The number of aliphatic hydroxyl groups excluding tert-OH is 1. The molecule has 2 aromatic carbocycles. The first-order chi connectivity index (χ1) is 20.1. The van der Waals surface area contributed by atoms with Gasteiger partial charge < -0.3 is 20.6 Å². The average molecular weight is 581 g/mol. The standard InChI is InChI=1S/C33H42F2N4O3/c1-5-11-39(12-6-2)33(42)25-14-22(4)13-24(18-25)32(41)38-30(17-23-15-26(34)19-27(35)16-23)31(40)21-36-20-29-10-8-9-28(7-3)37-29/h8-10,13-16,18-19,30-31,36,40H,5-7,11-12,17,20-21H2,1-4H3,(H,38,41). The van der Waals surface area contributed by atoms with E-state index < -0.39 is 29.7 Å². The minimum atomic E-state index is -1.09. The summed E-state index contributed by atoms with van der Waals surface area (Å²) in [6.07, 6.45) is 1.34. The van der Waals surface area contributed by atoms with Gasteiger partial charge >= 0.3 is 0 Å². The Bertz CT molecular complexity index is 1320. The normalized spacial score (nSPS) is 12.5. The van der Waals surface area contributed by atoms with E-state index in [2.05, 4.69) is 15.6 Å².